The Morgan fingerprint density at radius 3 is 2.60 bits per heavy atom. The van der Waals surface area contributed by atoms with Gasteiger partial charge in [0.1, 0.15) is 0 Å². The topological polar surface area (TPSA) is 24.1 Å². The lowest BCUT2D eigenvalue weighted by molar-refractivity contribution is 0.479. The lowest BCUT2D eigenvalue weighted by atomic mass is 10.1. The standard InChI is InChI=1S/C11H14Cl2N2/c12-8-1-2-11(10(13)7-8)15-9-3-5-14-6-4-9/h1-2,7,9,14-15H,3-6H2. The molecular formula is C11H14Cl2N2. The number of hydrogen-bond acceptors (Lipinski definition) is 2. The van der Waals surface area contributed by atoms with Gasteiger partial charge >= 0.3 is 0 Å². The summed E-state index contributed by atoms with van der Waals surface area (Å²) >= 11 is 11.9. The predicted octanol–water partition coefficient (Wildman–Crippen LogP) is 3.16. The Hall–Kier alpha value is -0.440. The molecule has 0 bridgehead atoms. The largest absolute Gasteiger partial charge is 0.381 e. The summed E-state index contributed by atoms with van der Waals surface area (Å²) in [6, 6.07) is 6.08. The molecule has 0 atom stereocenters. The normalized spacial score (nSPS) is 17.7. The van der Waals surface area contributed by atoms with Crippen LogP contribution in [0.1, 0.15) is 12.8 Å². The molecule has 4 heteroatoms. The van der Waals surface area contributed by atoms with E-state index in [-0.39, 0.29) is 0 Å². The number of rotatable bonds is 2. The van der Waals surface area contributed by atoms with Crippen molar-refractivity contribution in [2.75, 3.05) is 18.4 Å². The van der Waals surface area contributed by atoms with Crippen LogP contribution in [-0.4, -0.2) is 19.1 Å². The zero-order valence-corrected chi connectivity index (χ0v) is 9.91. The maximum atomic E-state index is 6.09. The van der Waals surface area contributed by atoms with Crippen molar-refractivity contribution in [2.45, 2.75) is 18.9 Å². The minimum absolute atomic E-state index is 0.518. The second-order valence-corrected chi connectivity index (χ2v) is 4.64. The van der Waals surface area contributed by atoms with Crippen molar-refractivity contribution in [1.82, 2.24) is 5.32 Å². The van der Waals surface area contributed by atoms with E-state index in [0.717, 1.165) is 31.6 Å². The molecule has 1 aliphatic rings. The van der Waals surface area contributed by atoms with Crippen molar-refractivity contribution in [3.63, 3.8) is 0 Å². The fourth-order valence-corrected chi connectivity index (χ4v) is 2.26. The molecule has 0 saturated carbocycles. The van der Waals surface area contributed by atoms with E-state index in [4.69, 9.17) is 23.2 Å². The predicted molar refractivity (Wildman–Crippen MR) is 66.0 cm³/mol. The highest BCUT2D eigenvalue weighted by Gasteiger charge is 2.13. The van der Waals surface area contributed by atoms with Crippen molar-refractivity contribution in [2.24, 2.45) is 0 Å². The Morgan fingerprint density at radius 2 is 1.93 bits per heavy atom. The molecule has 2 rings (SSSR count). The van der Waals surface area contributed by atoms with Gasteiger partial charge in [-0.1, -0.05) is 23.2 Å². The van der Waals surface area contributed by atoms with Crippen molar-refractivity contribution in [1.29, 1.82) is 0 Å². The van der Waals surface area contributed by atoms with Crippen LogP contribution in [0, 0.1) is 0 Å². The smallest absolute Gasteiger partial charge is 0.0652 e. The second kappa shape index (κ2) is 5.06. The molecule has 1 saturated heterocycles. The van der Waals surface area contributed by atoms with Crippen LogP contribution in [0.4, 0.5) is 5.69 Å². The lowest BCUT2D eigenvalue weighted by Crippen LogP contribution is -2.35. The molecule has 1 fully saturated rings. The molecular weight excluding hydrogens is 231 g/mol. The van der Waals surface area contributed by atoms with Crippen molar-refractivity contribution < 1.29 is 0 Å². The molecule has 0 radical (unpaired) electrons. The highest BCUT2D eigenvalue weighted by atomic mass is 35.5. The number of anilines is 1. The van der Waals surface area contributed by atoms with Gasteiger partial charge in [0.15, 0.2) is 0 Å². The molecule has 82 valence electrons. The van der Waals surface area contributed by atoms with E-state index in [1.807, 2.05) is 12.1 Å². The van der Waals surface area contributed by atoms with Gasteiger partial charge in [-0.2, -0.15) is 0 Å². The van der Waals surface area contributed by atoms with Crippen LogP contribution in [0.5, 0.6) is 0 Å². The summed E-state index contributed by atoms with van der Waals surface area (Å²) in [6.07, 6.45) is 2.28. The number of halogens is 2. The van der Waals surface area contributed by atoms with Crippen LogP contribution in [0.15, 0.2) is 18.2 Å². The van der Waals surface area contributed by atoms with Gasteiger partial charge < -0.3 is 10.6 Å². The van der Waals surface area contributed by atoms with Gasteiger partial charge in [-0.05, 0) is 44.1 Å². The number of nitrogens with one attached hydrogen (secondary N) is 2. The quantitative estimate of drug-likeness (QED) is 0.836. The third-order valence-corrected chi connectivity index (χ3v) is 3.18. The molecule has 0 aromatic heterocycles. The Labute approximate surface area is 100.0 Å². The van der Waals surface area contributed by atoms with Gasteiger partial charge in [-0.3, -0.25) is 0 Å². The third kappa shape index (κ3) is 3.00. The Kier molecular flexibility index (Phi) is 3.73. The minimum atomic E-state index is 0.518. The Balaban J connectivity index is 2.03. The second-order valence-electron chi connectivity index (χ2n) is 3.79. The molecule has 1 aromatic rings. The van der Waals surface area contributed by atoms with Crippen LogP contribution in [0.25, 0.3) is 0 Å². The molecule has 1 aromatic carbocycles. The van der Waals surface area contributed by atoms with E-state index < -0.39 is 0 Å². The van der Waals surface area contributed by atoms with E-state index in [0.29, 0.717) is 16.1 Å². The van der Waals surface area contributed by atoms with E-state index >= 15 is 0 Å². The van der Waals surface area contributed by atoms with E-state index in [1.54, 1.807) is 6.07 Å². The molecule has 0 aliphatic carbocycles. The molecule has 2 nitrogen and oxygen atoms in total. The van der Waals surface area contributed by atoms with Crippen LogP contribution in [0.3, 0.4) is 0 Å². The summed E-state index contributed by atoms with van der Waals surface area (Å²) in [5.41, 5.74) is 0.980. The summed E-state index contributed by atoms with van der Waals surface area (Å²) in [5.74, 6) is 0. The third-order valence-electron chi connectivity index (χ3n) is 2.63. The fourth-order valence-electron chi connectivity index (χ4n) is 1.79. The summed E-state index contributed by atoms with van der Waals surface area (Å²) in [6.45, 7) is 2.14. The maximum Gasteiger partial charge on any atom is 0.0652 e. The molecule has 0 unspecified atom stereocenters. The van der Waals surface area contributed by atoms with E-state index in [2.05, 4.69) is 10.6 Å². The van der Waals surface area contributed by atoms with Crippen molar-refractivity contribution >= 4 is 28.9 Å². The summed E-state index contributed by atoms with van der Waals surface area (Å²) in [5, 5.41) is 8.15. The van der Waals surface area contributed by atoms with Crippen LogP contribution in [-0.2, 0) is 0 Å². The minimum Gasteiger partial charge on any atom is -0.381 e. The lowest BCUT2D eigenvalue weighted by Gasteiger charge is -2.25. The van der Waals surface area contributed by atoms with Gasteiger partial charge in [0, 0.05) is 11.1 Å². The fraction of sp³-hybridized carbons (Fsp3) is 0.455. The maximum absolute atomic E-state index is 6.09. The highest BCUT2D eigenvalue weighted by molar-refractivity contribution is 6.36. The first-order valence-corrected chi connectivity index (χ1v) is 5.93. The molecule has 0 spiro atoms. The monoisotopic (exact) mass is 244 g/mol. The van der Waals surface area contributed by atoms with E-state index in [9.17, 15) is 0 Å². The van der Waals surface area contributed by atoms with E-state index in [1.165, 1.54) is 0 Å². The first kappa shape index (κ1) is 11.1. The van der Waals surface area contributed by atoms with Crippen LogP contribution < -0.4 is 10.6 Å². The zero-order chi connectivity index (χ0) is 10.7. The van der Waals surface area contributed by atoms with Gasteiger partial charge in [-0.15, -0.1) is 0 Å². The molecule has 0 amide bonds. The number of piperidine rings is 1. The molecule has 15 heavy (non-hydrogen) atoms. The summed E-state index contributed by atoms with van der Waals surface area (Å²) < 4.78 is 0. The molecule has 1 aliphatic heterocycles. The van der Waals surface area contributed by atoms with Gasteiger partial charge in [0.05, 0.1) is 10.7 Å². The zero-order valence-electron chi connectivity index (χ0n) is 8.39. The number of benzene rings is 1. The van der Waals surface area contributed by atoms with Crippen molar-refractivity contribution in [3.05, 3.63) is 28.2 Å². The van der Waals surface area contributed by atoms with Gasteiger partial charge in [0.25, 0.3) is 0 Å². The highest BCUT2D eigenvalue weighted by Crippen LogP contribution is 2.26. The first-order chi connectivity index (χ1) is 7.25. The SMILES string of the molecule is Clc1ccc(NC2CCNCC2)c(Cl)c1. The van der Waals surface area contributed by atoms with Crippen LogP contribution in [0.2, 0.25) is 10.0 Å². The Bertz CT molecular complexity index is 335. The molecule has 2 N–H and O–H groups in total. The molecule has 1 heterocycles. The van der Waals surface area contributed by atoms with Crippen LogP contribution >= 0.6 is 23.2 Å². The van der Waals surface area contributed by atoms with Gasteiger partial charge in [0.2, 0.25) is 0 Å². The van der Waals surface area contributed by atoms with Gasteiger partial charge in [-0.25, -0.2) is 0 Å². The summed E-state index contributed by atoms with van der Waals surface area (Å²) in [4.78, 5) is 0. The summed E-state index contributed by atoms with van der Waals surface area (Å²) in [7, 11) is 0. The average Bonchev–Trinajstić information content (AvgIpc) is 2.24. The van der Waals surface area contributed by atoms with Crippen molar-refractivity contribution in [3.8, 4) is 0 Å². The number of hydrogen-bond donors (Lipinski definition) is 2. The average molecular weight is 245 g/mol. The Morgan fingerprint density at radius 1 is 1.20 bits per heavy atom. The first-order valence-electron chi connectivity index (χ1n) is 5.18.